The van der Waals surface area contributed by atoms with E-state index in [4.69, 9.17) is 5.11 Å². The molecule has 0 radical (unpaired) electrons. The summed E-state index contributed by atoms with van der Waals surface area (Å²) in [6.07, 6.45) is 4.98. The van der Waals surface area contributed by atoms with Crippen molar-refractivity contribution in [1.82, 2.24) is 5.32 Å². The van der Waals surface area contributed by atoms with Gasteiger partial charge in [-0.05, 0) is 19.8 Å². The molecule has 4 heteroatoms. The topological polar surface area (TPSA) is 66.4 Å². The number of hydrogen-bond acceptors (Lipinski definition) is 2. The van der Waals surface area contributed by atoms with Crippen LogP contribution in [0.25, 0.3) is 0 Å². The standard InChI is InChI=1S/C12H21NO3/c1-4-7-8-9(5-2)11(14)13-10(6-3)12(15)16/h6,9H,4-5,7-8H2,1-3H3,(H,13,14)(H,15,16)/b10-6+. The molecule has 0 spiro atoms. The number of nitrogens with one attached hydrogen (secondary N) is 1. The Bertz CT molecular complexity index is 271. The molecule has 1 amide bonds. The van der Waals surface area contributed by atoms with Gasteiger partial charge in [-0.3, -0.25) is 4.79 Å². The second-order valence-electron chi connectivity index (χ2n) is 3.74. The smallest absolute Gasteiger partial charge is 0.352 e. The molecule has 92 valence electrons. The SMILES string of the molecule is C/C=C(/NC(=O)C(CC)CCCC)C(=O)O. The molecular formula is C12H21NO3. The Kier molecular flexibility index (Phi) is 7.25. The summed E-state index contributed by atoms with van der Waals surface area (Å²) in [5.41, 5.74) is -0.0417. The predicted molar refractivity (Wildman–Crippen MR) is 62.8 cm³/mol. The Morgan fingerprint density at radius 3 is 2.38 bits per heavy atom. The van der Waals surface area contributed by atoms with Gasteiger partial charge in [0.05, 0.1) is 0 Å². The molecule has 1 atom stereocenters. The number of amides is 1. The molecular weight excluding hydrogens is 206 g/mol. The van der Waals surface area contributed by atoms with E-state index in [0.717, 1.165) is 25.7 Å². The average molecular weight is 227 g/mol. The van der Waals surface area contributed by atoms with Crippen molar-refractivity contribution in [3.63, 3.8) is 0 Å². The molecule has 0 bridgehead atoms. The highest BCUT2D eigenvalue weighted by molar-refractivity contribution is 5.93. The van der Waals surface area contributed by atoms with E-state index in [2.05, 4.69) is 12.2 Å². The molecule has 0 aromatic carbocycles. The zero-order chi connectivity index (χ0) is 12.6. The molecule has 0 aromatic heterocycles. The van der Waals surface area contributed by atoms with Gasteiger partial charge < -0.3 is 10.4 Å². The fourth-order valence-corrected chi connectivity index (χ4v) is 1.46. The first kappa shape index (κ1) is 14.7. The number of carboxylic acid groups (broad SMARTS) is 1. The second-order valence-corrected chi connectivity index (χ2v) is 3.74. The highest BCUT2D eigenvalue weighted by Gasteiger charge is 2.18. The number of allylic oxidation sites excluding steroid dienone is 1. The lowest BCUT2D eigenvalue weighted by Gasteiger charge is -2.14. The van der Waals surface area contributed by atoms with Gasteiger partial charge in [0.1, 0.15) is 5.70 Å². The lowest BCUT2D eigenvalue weighted by Crippen LogP contribution is -2.32. The first-order valence-electron chi connectivity index (χ1n) is 5.77. The third-order valence-corrected chi connectivity index (χ3v) is 2.55. The first-order valence-corrected chi connectivity index (χ1v) is 5.77. The summed E-state index contributed by atoms with van der Waals surface area (Å²) in [6, 6.07) is 0. The average Bonchev–Trinajstić information content (AvgIpc) is 2.26. The molecule has 0 aliphatic carbocycles. The Morgan fingerprint density at radius 1 is 1.38 bits per heavy atom. The van der Waals surface area contributed by atoms with Gasteiger partial charge in [-0.1, -0.05) is 32.8 Å². The van der Waals surface area contributed by atoms with Crippen molar-refractivity contribution in [1.29, 1.82) is 0 Å². The molecule has 0 rings (SSSR count). The summed E-state index contributed by atoms with van der Waals surface area (Å²) in [5.74, 6) is -1.37. The van der Waals surface area contributed by atoms with Crippen LogP contribution in [-0.2, 0) is 9.59 Å². The number of carbonyl (C=O) groups is 2. The van der Waals surface area contributed by atoms with E-state index < -0.39 is 5.97 Å². The van der Waals surface area contributed by atoms with E-state index in [-0.39, 0.29) is 17.5 Å². The van der Waals surface area contributed by atoms with Crippen LogP contribution in [0.5, 0.6) is 0 Å². The zero-order valence-electron chi connectivity index (χ0n) is 10.2. The monoisotopic (exact) mass is 227 g/mol. The quantitative estimate of drug-likeness (QED) is 0.656. The number of hydrogen-bond donors (Lipinski definition) is 2. The van der Waals surface area contributed by atoms with Crippen LogP contribution in [0.3, 0.4) is 0 Å². The first-order chi connectivity index (χ1) is 7.56. The number of aliphatic carboxylic acids is 1. The van der Waals surface area contributed by atoms with E-state index in [1.54, 1.807) is 6.92 Å². The highest BCUT2D eigenvalue weighted by atomic mass is 16.4. The van der Waals surface area contributed by atoms with Crippen LogP contribution < -0.4 is 5.32 Å². The van der Waals surface area contributed by atoms with Gasteiger partial charge in [-0.25, -0.2) is 4.79 Å². The molecule has 2 N–H and O–H groups in total. The minimum Gasteiger partial charge on any atom is -0.477 e. The van der Waals surface area contributed by atoms with Gasteiger partial charge in [-0.2, -0.15) is 0 Å². The van der Waals surface area contributed by atoms with Crippen molar-refractivity contribution in [2.24, 2.45) is 5.92 Å². The normalized spacial score (nSPS) is 13.3. The summed E-state index contributed by atoms with van der Waals surface area (Å²) < 4.78 is 0. The molecule has 0 saturated carbocycles. The number of carbonyl (C=O) groups excluding carboxylic acids is 1. The van der Waals surface area contributed by atoms with E-state index in [9.17, 15) is 9.59 Å². The van der Waals surface area contributed by atoms with E-state index in [0.29, 0.717) is 0 Å². The molecule has 4 nitrogen and oxygen atoms in total. The Morgan fingerprint density at radius 2 is 2.00 bits per heavy atom. The van der Waals surface area contributed by atoms with Crippen molar-refractivity contribution < 1.29 is 14.7 Å². The van der Waals surface area contributed by atoms with Crippen LogP contribution in [-0.4, -0.2) is 17.0 Å². The van der Waals surface area contributed by atoms with E-state index >= 15 is 0 Å². The predicted octanol–water partition coefficient (Wildman–Crippen LogP) is 2.31. The molecule has 0 aliphatic heterocycles. The lowest BCUT2D eigenvalue weighted by atomic mass is 9.98. The van der Waals surface area contributed by atoms with Crippen molar-refractivity contribution in [3.8, 4) is 0 Å². The van der Waals surface area contributed by atoms with Crippen LogP contribution >= 0.6 is 0 Å². The summed E-state index contributed by atoms with van der Waals surface area (Å²) in [4.78, 5) is 22.4. The van der Waals surface area contributed by atoms with Gasteiger partial charge in [0.15, 0.2) is 0 Å². The minimum atomic E-state index is -1.10. The largest absolute Gasteiger partial charge is 0.477 e. The molecule has 0 aliphatic rings. The minimum absolute atomic E-state index is 0.0417. The molecule has 16 heavy (non-hydrogen) atoms. The molecule has 1 unspecified atom stereocenters. The molecule has 0 aromatic rings. The van der Waals surface area contributed by atoms with Crippen molar-refractivity contribution in [2.75, 3.05) is 0 Å². The van der Waals surface area contributed by atoms with Crippen LogP contribution in [0.2, 0.25) is 0 Å². The number of unbranched alkanes of at least 4 members (excludes halogenated alkanes) is 1. The van der Waals surface area contributed by atoms with Gasteiger partial charge in [0, 0.05) is 5.92 Å². The number of carboxylic acids is 1. The van der Waals surface area contributed by atoms with Gasteiger partial charge >= 0.3 is 5.97 Å². The third kappa shape index (κ3) is 4.96. The van der Waals surface area contributed by atoms with Crippen LogP contribution in [0.15, 0.2) is 11.8 Å². The third-order valence-electron chi connectivity index (χ3n) is 2.55. The second kappa shape index (κ2) is 7.91. The fraction of sp³-hybridized carbons (Fsp3) is 0.667. The lowest BCUT2D eigenvalue weighted by molar-refractivity contribution is -0.135. The van der Waals surface area contributed by atoms with Crippen molar-refractivity contribution in [2.45, 2.75) is 46.5 Å². The van der Waals surface area contributed by atoms with Crippen molar-refractivity contribution in [3.05, 3.63) is 11.8 Å². The summed E-state index contributed by atoms with van der Waals surface area (Å²) in [5, 5.41) is 11.2. The maximum absolute atomic E-state index is 11.7. The molecule has 0 fully saturated rings. The van der Waals surface area contributed by atoms with E-state index in [1.807, 2.05) is 6.92 Å². The molecule has 0 saturated heterocycles. The van der Waals surface area contributed by atoms with Crippen LogP contribution in [0, 0.1) is 5.92 Å². The summed E-state index contributed by atoms with van der Waals surface area (Å²) in [6.45, 7) is 5.60. The maximum atomic E-state index is 11.7. The Hall–Kier alpha value is -1.32. The zero-order valence-corrected chi connectivity index (χ0v) is 10.2. The summed E-state index contributed by atoms with van der Waals surface area (Å²) in [7, 11) is 0. The highest BCUT2D eigenvalue weighted by Crippen LogP contribution is 2.13. The Labute approximate surface area is 96.7 Å². The van der Waals surface area contributed by atoms with Crippen molar-refractivity contribution >= 4 is 11.9 Å². The van der Waals surface area contributed by atoms with Crippen LogP contribution in [0.4, 0.5) is 0 Å². The van der Waals surface area contributed by atoms with Gasteiger partial charge in [0.25, 0.3) is 0 Å². The van der Waals surface area contributed by atoms with Gasteiger partial charge in [0.2, 0.25) is 5.91 Å². The summed E-state index contributed by atoms with van der Waals surface area (Å²) >= 11 is 0. The molecule has 0 heterocycles. The van der Waals surface area contributed by atoms with Gasteiger partial charge in [-0.15, -0.1) is 0 Å². The number of rotatable bonds is 7. The fourth-order valence-electron chi connectivity index (χ4n) is 1.46. The Balaban J connectivity index is 4.35. The van der Waals surface area contributed by atoms with E-state index in [1.165, 1.54) is 6.08 Å². The maximum Gasteiger partial charge on any atom is 0.352 e. The van der Waals surface area contributed by atoms with Crippen LogP contribution in [0.1, 0.15) is 46.5 Å².